The van der Waals surface area contributed by atoms with Crippen LogP contribution in [0.5, 0.6) is 0 Å². The molecule has 96 valence electrons. The van der Waals surface area contributed by atoms with E-state index in [2.05, 4.69) is 28.0 Å². The van der Waals surface area contributed by atoms with Gasteiger partial charge in [-0.2, -0.15) is 0 Å². The summed E-state index contributed by atoms with van der Waals surface area (Å²) in [6.07, 6.45) is 1.90. The average molecular weight is 330 g/mol. The highest BCUT2D eigenvalue weighted by atomic mass is 79.9. The molecule has 2 aromatic rings. The lowest BCUT2D eigenvalue weighted by atomic mass is 10.1. The largest absolute Gasteiger partial charge is 0.359 e. The average Bonchev–Trinajstić information content (AvgIpc) is 2.82. The molecule has 1 atom stereocenters. The second kappa shape index (κ2) is 5.87. The number of rotatable bonds is 4. The lowest BCUT2D eigenvalue weighted by molar-refractivity contribution is 0.356. The molecule has 2 rings (SSSR count). The maximum atomic E-state index is 6.05. The van der Waals surface area contributed by atoms with E-state index in [4.69, 9.17) is 21.9 Å². The molecule has 18 heavy (non-hydrogen) atoms. The first-order valence-electron chi connectivity index (χ1n) is 5.79. The lowest BCUT2D eigenvalue weighted by Gasteiger charge is -2.03. The van der Waals surface area contributed by atoms with Gasteiger partial charge >= 0.3 is 0 Å². The van der Waals surface area contributed by atoms with Gasteiger partial charge < -0.3 is 10.3 Å². The maximum Gasteiger partial charge on any atom is 0.154 e. The third-order valence-corrected chi connectivity index (χ3v) is 3.94. The molecule has 0 fully saturated rings. The van der Waals surface area contributed by atoms with Crippen molar-refractivity contribution in [3.8, 4) is 11.3 Å². The van der Waals surface area contributed by atoms with Crippen LogP contribution in [0.1, 0.15) is 31.6 Å². The van der Waals surface area contributed by atoms with Crippen LogP contribution in [0.25, 0.3) is 11.3 Å². The molecule has 0 aliphatic heterocycles. The molecule has 1 aromatic heterocycles. The molecule has 0 amide bonds. The highest BCUT2D eigenvalue weighted by molar-refractivity contribution is 9.10. The molecular weight excluding hydrogens is 316 g/mol. The molecule has 1 unspecified atom stereocenters. The Balaban J connectivity index is 2.26. The topological polar surface area (TPSA) is 52.0 Å². The third kappa shape index (κ3) is 2.94. The van der Waals surface area contributed by atoms with Crippen molar-refractivity contribution >= 4 is 27.5 Å². The van der Waals surface area contributed by atoms with Crippen LogP contribution < -0.4 is 5.73 Å². The summed E-state index contributed by atoms with van der Waals surface area (Å²) in [6.45, 7) is 2.09. The van der Waals surface area contributed by atoms with Crippen LogP contribution in [-0.4, -0.2) is 5.16 Å². The fourth-order valence-electron chi connectivity index (χ4n) is 1.71. The van der Waals surface area contributed by atoms with Gasteiger partial charge in [-0.25, -0.2) is 0 Å². The third-order valence-electron chi connectivity index (χ3n) is 2.71. The minimum Gasteiger partial charge on any atom is -0.359 e. The number of benzene rings is 1. The molecule has 0 aliphatic carbocycles. The number of aromatic nitrogens is 1. The van der Waals surface area contributed by atoms with Crippen LogP contribution in [0, 0.1) is 0 Å². The molecule has 1 heterocycles. The summed E-state index contributed by atoms with van der Waals surface area (Å²) < 4.78 is 6.13. The van der Waals surface area contributed by atoms with E-state index in [-0.39, 0.29) is 6.04 Å². The van der Waals surface area contributed by atoms with Crippen molar-refractivity contribution in [3.63, 3.8) is 0 Å². The van der Waals surface area contributed by atoms with E-state index < -0.39 is 0 Å². The van der Waals surface area contributed by atoms with Crippen molar-refractivity contribution in [3.05, 3.63) is 39.5 Å². The molecular formula is C13H14BrClN2O. The monoisotopic (exact) mass is 328 g/mol. The molecule has 0 bridgehead atoms. The van der Waals surface area contributed by atoms with Crippen LogP contribution in [0.3, 0.4) is 0 Å². The molecule has 2 N–H and O–H groups in total. The van der Waals surface area contributed by atoms with Crippen molar-refractivity contribution in [2.45, 2.75) is 25.8 Å². The van der Waals surface area contributed by atoms with Crippen molar-refractivity contribution in [1.29, 1.82) is 0 Å². The molecule has 0 saturated heterocycles. The second-order valence-electron chi connectivity index (χ2n) is 4.14. The number of hydrogen-bond donors (Lipinski definition) is 1. The minimum absolute atomic E-state index is 0.0952. The minimum atomic E-state index is -0.0952. The summed E-state index contributed by atoms with van der Waals surface area (Å²) in [4.78, 5) is 0. The smallest absolute Gasteiger partial charge is 0.154 e. The highest BCUT2D eigenvalue weighted by Gasteiger charge is 2.13. The van der Waals surface area contributed by atoms with Gasteiger partial charge in [0.25, 0.3) is 0 Å². The van der Waals surface area contributed by atoms with E-state index in [0.29, 0.717) is 10.8 Å². The Morgan fingerprint density at radius 2 is 2.22 bits per heavy atom. The van der Waals surface area contributed by atoms with Crippen molar-refractivity contribution in [2.75, 3.05) is 0 Å². The number of nitrogens with two attached hydrogens (primary N) is 1. The summed E-state index contributed by atoms with van der Waals surface area (Å²) in [5.74, 6) is 0.714. The van der Waals surface area contributed by atoms with Crippen molar-refractivity contribution in [2.24, 2.45) is 5.73 Å². The molecule has 1 aromatic carbocycles. The van der Waals surface area contributed by atoms with E-state index in [1.165, 1.54) is 0 Å². The van der Waals surface area contributed by atoms with Crippen molar-refractivity contribution in [1.82, 2.24) is 5.16 Å². The Hall–Kier alpha value is -0.840. The summed E-state index contributed by atoms with van der Waals surface area (Å²) in [5.41, 5.74) is 7.66. The fraction of sp³-hybridized carbons (Fsp3) is 0.308. The van der Waals surface area contributed by atoms with E-state index in [1.54, 1.807) is 0 Å². The zero-order valence-corrected chi connectivity index (χ0v) is 12.3. The Kier molecular flexibility index (Phi) is 4.43. The van der Waals surface area contributed by atoms with Gasteiger partial charge in [0.1, 0.15) is 5.69 Å². The van der Waals surface area contributed by atoms with Gasteiger partial charge in [0.15, 0.2) is 5.76 Å². The van der Waals surface area contributed by atoms with E-state index in [1.807, 2.05) is 24.3 Å². The van der Waals surface area contributed by atoms with Crippen LogP contribution in [0.4, 0.5) is 0 Å². The maximum absolute atomic E-state index is 6.05. The highest BCUT2D eigenvalue weighted by Crippen LogP contribution is 2.29. The summed E-state index contributed by atoms with van der Waals surface area (Å²) in [5, 5.41) is 4.68. The van der Waals surface area contributed by atoms with Gasteiger partial charge in [0.2, 0.25) is 0 Å². The van der Waals surface area contributed by atoms with E-state index in [9.17, 15) is 0 Å². The molecule has 0 saturated carbocycles. The first-order chi connectivity index (χ1) is 8.61. The standard InChI is InChI=1S/C13H14BrClN2O/c1-2-3-11(16)13-7-12(17-18-13)8-4-5-9(14)10(15)6-8/h4-7,11H,2-3,16H2,1H3. The predicted molar refractivity (Wildman–Crippen MR) is 76.5 cm³/mol. The van der Waals surface area contributed by atoms with Crippen molar-refractivity contribution < 1.29 is 4.52 Å². The lowest BCUT2D eigenvalue weighted by Crippen LogP contribution is -2.08. The van der Waals surface area contributed by atoms with Crippen LogP contribution in [-0.2, 0) is 0 Å². The van der Waals surface area contributed by atoms with Gasteiger partial charge in [-0.15, -0.1) is 0 Å². The van der Waals surface area contributed by atoms with Crippen LogP contribution in [0.2, 0.25) is 5.02 Å². The Labute approximate surface area is 119 Å². The molecule has 3 nitrogen and oxygen atoms in total. The zero-order chi connectivity index (χ0) is 13.1. The van der Waals surface area contributed by atoms with E-state index >= 15 is 0 Å². The SMILES string of the molecule is CCCC(N)c1cc(-c2ccc(Br)c(Cl)c2)no1. The quantitative estimate of drug-likeness (QED) is 0.894. The van der Waals surface area contributed by atoms with Gasteiger partial charge in [-0.1, -0.05) is 36.2 Å². The Morgan fingerprint density at radius 1 is 1.44 bits per heavy atom. The first-order valence-corrected chi connectivity index (χ1v) is 6.96. The fourth-order valence-corrected chi connectivity index (χ4v) is 2.14. The number of hydrogen-bond acceptors (Lipinski definition) is 3. The van der Waals surface area contributed by atoms with Crippen LogP contribution >= 0.6 is 27.5 Å². The zero-order valence-electron chi connectivity index (χ0n) is 9.99. The van der Waals surface area contributed by atoms with Gasteiger partial charge in [0, 0.05) is 16.1 Å². The van der Waals surface area contributed by atoms with Gasteiger partial charge in [-0.05, 0) is 34.5 Å². The first kappa shape index (κ1) is 13.6. The van der Waals surface area contributed by atoms with Gasteiger partial charge in [-0.3, -0.25) is 0 Å². The van der Waals surface area contributed by atoms with Crippen LogP contribution in [0.15, 0.2) is 33.3 Å². The number of halogens is 2. The van der Waals surface area contributed by atoms with Gasteiger partial charge in [0.05, 0.1) is 11.1 Å². The second-order valence-corrected chi connectivity index (χ2v) is 5.40. The Bertz CT molecular complexity index is 542. The summed E-state index contributed by atoms with van der Waals surface area (Å²) >= 11 is 9.41. The Morgan fingerprint density at radius 3 is 2.89 bits per heavy atom. The molecule has 5 heteroatoms. The summed E-state index contributed by atoms with van der Waals surface area (Å²) in [6, 6.07) is 7.45. The summed E-state index contributed by atoms with van der Waals surface area (Å²) in [7, 11) is 0. The number of nitrogens with zero attached hydrogens (tertiary/aromatic N) is 1. The normalized spacial score (nSPS) is 12.7. The molecule has 0 radical (unpaired) electrons. The predicted octanol–water partition coefficient (Wildman–Crippen LogP) is 4.56. The van der Waals surface area contributed by atoms with E-state index in [0.717, 1.165) is 28.6 Å². The molecule has 0 aliphatic rings. The molecule has 0 spiro atoms.